The molecule has 0 aliphatic heterocycles. The molecule has 0 saturated heterocycles. The van der Waals surface area contributed by atoms with Crippen molar-refractivity contribution in [2.24, 2.45) is 0 Å². The summed E-state index contributed by atoms with van der Waals surface area (Å²) in [5.41, 5.74) is 2.90. The van der Waals surface area contributed by atoms with Crippen LogP contribution >= 0.6 is 11.9 Å². The van der Waals surface area contributed by atoms with Crippen LogP contribution < -0.4 is 18.7 Å². The van der Waals surface area contributed by atoms with Crippen LogP contribution in [-0.4, -0.2) is 39.7 Å². The molecule has 1 aliphatic carbocycles. The zero-order chi connectivity index (χ0) is 25.0. The number of aldehydes is 1. The maximum absolute atomic E-state index is 12.3. The number of hydrogen-bond donors (Lipinski definition) is 1. The quantitative estimate of drug-likeness (QED) is 0.283. The number of ether oxygens (including phenoxy) is 2. The van der Waals surface area contributed by atoms with Crippen LogP contribution in [0.3, 0.4) is 0 Å². The molecule has 1 fully saturated rings. The number of aromatic hydroxyl groups is 1. The van der Waals surface area contributed by atoms with Gasteiger partial charge in [-0.2, -0.15) is 0 Å². The van der Waals surface area contributed by atoms with Crippen molar-refractivity contribution in [1.29, 1.82) is 0 Å². The molecule has 0 heterocycles. The van der Waals surface area contributed by atoms with Crippen LogP contribution in [-0.2, 0) is 16.8 Å². The number of phenols is 1. The molecule has 1 aliphatic rings. The van der Waals surface area contributed by atoms with Gasteiger partial charge in [-0.25, -0.2) is 0 Å². The SMILES string of the molecule is COc1ccc(CN(C)c2c(O)cc(N(C)Sc3ccccc3OC)cc2C2(C=O)CCC2)cc1. The Morgan fingerprint density at radius 2 is 1.74 bits per heavy atom. The predicted octanol–water partition coefficient (Wildman–Crippen LogP) is 5.81. The minimum Gasteiger partial charge on any atom is -0.506 e. The number of phenolic OH excluding ortho intramolecular Hbond substituents is 1. The predicted molar refractivity (Wildman–Crippen MR) is 142 cm³/mol. The van der Waals surface area contributed by atoms with Crippen LogP contribution in [0.15, 0.2) is 65.6 Å². The third kappa shape index (κ3) is 5.05. The van der Waals surface area contributed by atoms with E-state index in [1.54, 1.807) is 20.3 Å². The smallest absolute Gasteiger partial charge is 0.141 e. The summed E-state index contributed by atoms with van der Waals surface area (Å²) >= 11 is 1.51. The fourth-order valence-electron chi connectivity index (χ4n) is 4.55. The van der Waals surface area contributed by atoms with Gasteiger partial charge < -0.3 is 28.6 Å². The number of carbonyl (C=O) groups is 1. The number of methoxy groups -OCH3 is 2. The lowest BCUT2D eigenvalue weighted by molar-refractivity contribution is -0.115. The first-order valence-electron chi connectivity index (χ1n) is 11.6. The summed E-state index contributed by atoms with van der Waals surface area (Å²) in [4.78, 5) is 15.3. The minimum atomic E-state index is -0.576. The van der Waals surface area contributed by atoms with Gasteiger partial charge in [0.2, 0.25) is 0 Å². The molecule has 0 unspecified atom stereocenters. The number of carbonyl (C=O) groups excluding carboxylic acids is 1. The van der Waals surface area contributed by atoms with E-state index < -0.39 is 5.41 Å². The highest BCUT2D eigenvalue weighted by Crippen LogP contribution is 2.50. The second-order valence-electron chi connectivity index (χ2n) is 8.93. The summed E-state index contributed by atoms with van der Waals surface area (Å²) < 4.78 is 12.7. The molecule has 3 aromatic carbocycles. The number of hydrogen-bond acceptors (Lipinski definition) is 7. The molecule has 0 amide bonds. The molecule has 4 rings (SSSR count). The minimum absolute atomic E-state index is 0.161. The Bertz CT molecular complexity index is 1180. The first-order chi connectivity index (χ1) is 16.9. The van der Waals surface area contributed by atoms with E-state index in [1.807, 2.05) is 71.8 Å². The average Bonchev–Trinajstić information content (AvgIpc) is 2.84. The van der Waals surface area contributed by atoms with Crippen molar-refractivity contribution >= 4 is 29.6 Å². The second kappa shape index (κ2) is 10.5. The molecular formula is C28H32N2O4S. The summed E-state index contributed by atoms with van der Waals surface area (Å²) in [6, 6.07) is 19.5. The zero-order valence-corrected chi connectivity index (χ0v) is 21.5. The third-order valence-corrected chi connectivity index (χ3v) is 7.73. The van der Waals surface area contributed by atoms with Crippen molar-refractivity contribution in [3.05, 3.63) is 71.8 Å². The van der Waals surface area contributed by atoms with Crippen molar-refractivity contribution in [1.82, 2.24) is 0 Å². The zero-order valence-electron chi connectivity index (χ0n) is 20.7. The monoisotopic (exact) mass is 492 g/mol. The lowest BCUT2D eigenvalue weighted by Gasteiger charge is -2.40. The van der Waals surface area contributed by atoms with E-state index in [0.717, 1.165) is 58.8 Å². The molecular weight excluding hydrogens is 460 g/mol. The molecule has 0 atom stereocenters. The lowest BCUT2D eigenvalue weighted by Crippen LogP contribution is -2.37. The van der Waals surface area contributed by atoms with Crippen LogP contribution in [0.4, 0.5) is 11.4 Å². The van der Waals surface area contributed by atoms with Gasteiger partial charge >= 0.3 is 0 Å². The Morgan fingerprint density at radius 1 is 1.03 bits per heavy atom. The van der Waals surface area contributed by atoms with Gasteiger partial charge in [0, 0.05) is 26.7 Å². The van der Waals surface area contributed by atoms with Crippen molar-refractivity contribution in [2.75, 3.05) is 37.5 Å². The average molecular weight is 493 g/mol. The molecule has 35 heavy (non-hydrogen) atoms. The molecule has 0 bridgehead atoms. The Hall–Kier alpha value is -3.32. The van der Waals surface area contributed by atoms with Gasteiger partial charge in [0.25, 0.3) is 0 Å². The molecule has 184 valence electrons. The highest BCUT2D eigenvalue weighted by Gasteiger charge is 2.42. The van der Waals surface area contributed by atoms with Gasteiger partial charge in [-0.1, -0.05) is 30.7 Å². The summed E-state index contributed by atoms with van der Waals surface area (Å²) in [5, 5.41) is 11.3. The summed E-state index contributed by atoms with van der Waals surface area (Å²) in [7, 11) is 7.20. The Morgan fingerprint density at radius 3 is 2.34 bits per heavy atom. The lowest BCUT2D eigenvalue weighted by atomic mass is 9.65. The number of para-hydroxylation sites is 1. The van der Waals surface area contributed by atoms with E-state index in [1.165, 1.54) is 11.9 Å². The Balaban J connectivity index is 1.69. The number of benzene rings is 3. The van der Waals surface area contributed by atoms with Gasteiger partial charge in [-0.15, -0.1) is 0 Å². The molecule has 0 radical (unpaired) electrons. The summed E-state index contributed by atoms with van der Waals surface area (Å²) in [6.07, 6.45) is 3.63. The van der Waals surface area contributed by atoms with Gasteiger partial charge in [0.15, 0.2) is 0 Å². The number of nitrogens with zero attached hydrogens (tertiary/aromatic N) is 2. The number of anilines is 2. The highest BCUT2D eigenvalue weighted by molar-refractivity contribution is 8.00. The van der Waals surface area contributed by atoms with Crippen LogP contribution in [0.2, 0.25) is 0 Å². The fourth-order valence-corrected chi connectivity index (χ4v) is 5.44. The molecule has 1 N–H and O–H groups in total. The van der Waals surface area contributed by atoms with Crippen LogP contribution in [0.25, 0.3) is 0 Å². The van der Waals surface area contributed by atoms with E-state index in [0.29, 0.717) is 12.2 Å². The first-order valence-corrected chi connectivity index (χ1v) is 12.4. The normalized spacial score (nSPS) is 14.1. The van der Waals surface area contributed by atoms with E-state index in [2.05, 4.69) is 6.07 Å². The van der Waals surface area contributed by atoms with Crippen molar-refractivity contribution in [3.8, 4) is 17.2 Å². The second-order valence-corrected chi connectivity index (χ2v) is 10.1. The fraction of sp³-hybridized carbons (Fsp3) is 0.321. The van der Waals surface area contributed by atoms with E-state index in [9.17, 15) is 9.90 Å². The highest BCUT2D eigenvalue weighted by atomic mass is 32.2. The standard InChI is InChI=1S/C28H32N2O4S/c1-29(18-20-10-12-22(33-3)13-11-20)27-23(28(19-31)14-7-15-28)16-21(17-24(27)32)30(2)35-26-9-6-5-8-25(26)34-4/h5-6,8-13,16-17,19,32H,7,14-15,18H2,1-4H3. The van der Waals surface area contributed by atoms with Crippen molar-refractivity contribution in [3.63, 3.8) is 0 Å². The van der Waals surface area contributed by atoms with Crippen LogP contribution in [0, 0.1) is 0 Å². The molecule has 6 nitrogen and oxygen atoms in total. The Kier molecular flexibility index (Phi) is 7.45. The van der Waals surface area contributed by atoms with Gasteiger partial charge in [0.05, 0.1) is 35.9 Å². The topological polar surface area (TPSA) is 62.2 Å². The van der Waals surface area contributed by atoms with Crippen molar-refractivity contribution in [2.45, 2.75) is 36.1 Å². The largest absolute Gasteiger partial charge is 0.506 e. The summed E-state index contributed by atoms with van der Waals surface area (Å²) in [5.74, 6) is 1.75. The van der Waals surface area contributed by atoms with Gasteiger partial charge in [-0.3, -0.25) is 0 Å². The maximum Gasteiger partial charge on any atom is 0.141 e. The van der Waals surface area contributed by atoms with Crippen LogP contribution in [0.1, 0.15) is 30.4 Å². The van der Waals surface area contributed by atoms with E-state index in [4.69, 9.17) is 9.47 Å². The summed E-state index contributed by atoms with van der Waals surface area (Å²) in [6.45, 7) is 0.588. The maximum atomic E-state index is 12.3. The first kappa shape index (κ1) is 24.8. The molecule has 7 heteroatoms. The Labute approximate surface area is 211 Å². The third-order valence-electron chi connectivity index (χ3n) is 6.71. The van der Waals surface area contributed by atoms with Crippen molar-refractivity contribution < 1.29 is 19.4 Å². The number of rotatable bonds is 10. The van der Waals surface area contributed by atoms with Gasteiger partial charge in [0.1, 0.15) is 23.5 Å². The molecule has 0 spiro atoms. The van der Waals surface area contributed by atoms with Crippen LogP contribution in [0.5, 0.6) is 17.2 Å². The van der Waals surface area contributed by atoms with Gasteiger partial charge in [-0.05, 0) is 66.2 Å². The molecule has 0 aromatic heterocycles. The van der Waals surface area contributed by atoms with E-state index in [-0.39, 0.29) is 5.75 Å². The molecule has 3 aromatic rings. The molecule has 1 saturated carbocycles. The van der Waals surface area contributed by atoms with E-state index >= 15 is 0 Å².